The summed E-state index contributed by atoms with van der Waals surface area (Å²) < 4.78 is 40.2. The van der Waals surface area contributed by atoms with Crippen LogP contribution in [0.5, 0.6) is 0 Å². The highest BCUT2D eigenvalue weighted by molar-refractivity contribution is 9.10. The summed E-state index contributed by atoms with van der Waals surface area (Å²) >= 11 is 3.14. The van der Waals surface area contributed by atoms with Gasteiger partial charge in [0.15, 0.2) is 0 Å². The Morgan fingerprint density at radius 2 is 1.80 bits per heavy atom. The Kier molecular flexibility index (Phi) is 4.53. The van der Waals surface area contributed by atoms with E-state index in [1.165, 1.54) is 22.5 Å². The molecule has 2 unspecified atom stereocenters. The first-order valence-corrected chi connectivity index (χ1v) is 8.64. The molecule has 0 bridgehead atoms. The van der Waals surface area contributed by atoms with Gasteiger partial charge in [0, 0.05) is 29.6 Å². The Bertz CT molecular complexity index is 596. The summed E-state index contributed by atoms with van der Waals surface area (Å²) in [7, 11) is -1.61. The van der Waals surface area contributed by atoms with E-state index in [1.54, 1.807) is 0 Å². The lowest BCUT2D eigenvalue weighted by molar-refractivity contribution is 0.105. The van der Waals surface area contributed by atoms with Gasteiger partial charge in [-0.15, -0.1) is 0 Å². The summed E-state index contributed by atoms with van der Waals surface area (Å²) in [4.78, 5) is 2.27. The number of sulfonamides is 1. The van der Waals surface area contributed by atoms with E-state index in [-0.39, 0.29) is 21.5 Å². The van der Waals surface area contributed by atoms with Crippen molar-refractivity contribution in [2.75, 3.05) is 20.1 Å². The van der Waals surface area contributed by atoms with Crippen molar-refractivity contribution in [1.82, 2.24) is 9.21 Å². The number of halogens is 2. The first kappa shape index (κ1) is 15.9. The van der Waals surface area contributed by atoms with E-state index < -0.39 is 15.8 Å². The molecule has 1 aliphatic heterocycles. The lowest BCUT2D eigenvalue weighted by Gasteiger charge is -2.41. The first-order chi connectivity index (χ1) is 9.23. The third-order valence-corrected chi connectivity index (χ3v) is 6.65. The van der Waals surface area contributed by atoms with Crippen molar-refractivity contribution in [3.05, 3.63) is 28.5 Å². The number of benzene rings is 1. The highest BCUT2D eigenvalue weighted by Gasteiger charge is 2.35. The molecular formula is C13H18BrFN2O2S. The van der Waals surface area contributed by atoms with Crippen molar-refractivity contribution in [3.8, 4) is 0 Å². The van der Waals surface area contributed by atoms with Gasteiger partial charge in [0.2, 0.25) is 10.0 Å². The molecule has 0 saturated carbocycles. The van der Waals surface area contributed by atoms with Crippen molar-refractivity contribution < 1.29 is 12.8 Å². The molecule has 2 rings (SSSR count). The van der Waals surface area contributed by atoms with Gasteiger partial charge in [-0.1, -0.05) is 0 Å². The number of rotatable bonds is 2. The molecule has 0 N–H and O–H groups in total. The molecule has 2 atom stereocenters. The molecule has 0 aromatic heterocycles. The van der Waals surface area contributed by atoms with Gasteiger partial charge in [-0.25, -0.2) is 12.8 Å². The Morgan fingerprint density at radius 1 is 1.25 bits per heavy atom. The van der Waals surface area contributed by atoms with Crippen LogP contribution in [0.1, 0.15) is 13.8 Å². The van der Waals surface area contributed by atoms with Gasteiger partial charge in [0.1, 0.15) is 5.82 Å². The maximum absolute atomic E-state index is 13.1. The standard InChI is InChI=1S/C13H18BrFN2O2S/c1-9-7-17(8-10(2)16(9)3)20(18,19)13-5-4-11(15)6-12(13)14/h4-6,9-10H,7-8H2,1-3H3. The SMILES string of the molecule is CC1CN(S(=O)(=O)c2ccc(F)cc2Br)CC(C)N1C. The molecule has 0 radical (unpaired) electrons. The summed E-state index contributed by atoms with van der Waals surface area (Å²) in [5.74, 6) is -0.462. The minimum Gasteiger partial charge on any atom is -0.298 e. The second kappa shape index (κ2) is 5.71. The lowest BCUT2D eigenvalue weighted by Crippen LogP contribution is -2.56. The molecule has 1 aromatic rings. The van der Waals surface area contributed by atoms with Crippen molar-refractivity contribution in [3.63, 3.8) is 0 Å². The Balaban J connectivity index is 2.35. The molecule has 0 aliphatic carbocycles. The summed E-state index contributed by atoms with van der Waals surface area (Å²) in [5, 5.41) is 0. The van der Waals surface area contributed by atoms with Crippen molar-refractivity contribution >= 4 is 26.0 Å². The van der Waals surface area contributed by atoms with Crippen LogP contribution >= 0.6 is 15.9 Å². The van der Waals surface area contributed by atoms with E-state index in [2.05, 4.69) is 20.8 Å². The molecule has 0 spiro atoms. The summed E-state index contributed by atoms with van der Waals surface area (Å²) in [6, 6.07) is 3.94. The van der Waals surface area contributed by atoms with E-state index in [0.29, 0.717) is 13.1 Å². The highest BCUT2D eigenvalue weighted by Crippen LogP contribution is 2.28. The van der Waals surface area contributed by atoms with Gasteiger partial charge >= 0.3 is 0 Å². The molecule has 1 fully saturated rings. The maximum Gasteiger partial charge on any atom is 0.244 e. The summed E-state index contributed by atoms with van der Waals surface area (Å²) in [5.41, 5.74) is 0. The summed E-state index contributed by atoms with van der Waals surface area (Å²) in [6.07, 6.45) is 0. The molecule has 0 amide bonds. The second-order valence-electron chi connectivity index (χ2n) is 5.26. The molecule has 112 valence electrons. The fourth-order valence-corrected chi connectivity index (χ4v) is 4.99. The van der Waals surface area contributed by atoms with Gasteiger partial charge in [0.25, 0.3) is 0 Å². The molecule has 1 saturated heterocycles. The predicted octanol–water partition coefficient (Wildman–Crippen LogP) is 2.30. The zero-order valence-electron chi connectivity index (χ0n) is 11.7. The fraction of sp³-hybridized carbons (Fsp3) is 0.538. The van der Waals surface area contributed by atoms with Gasteiger partial charge in [-0.05, 0) is 55.0 Å². The van der Waals surface area contributed by atoms with Gasteiger partial charge in [-0.2, -0.15) is 4.31 Å². The Hall–Kier alpha value is -0.500. The number of piperazine rings is 1. The van der Waals surface area contributed by atoms with Crippen LogP contribution in [0.4, 0.5) is 4.39 Å². The average Bonchev–Trinajstić information content (AvgIpc) is 2.34. The number of likely N-dealkylation sites (N-methyl/N-ethyl adjacent to an activating group) is 1. The molecule has 1 heterocycles. The molecule has 20 heavy (non-hydrogen) atoms. The third kappa shape index (κ3) is 2.90. The van der Waals surface area contributed by atoms with E-state index in [1.807, 2.05) is 20.9 Å². The van der Waals surface area contributed by atoms with Crippen molar-refractivity contribution in [2.45, 2.75) is 30.8 Å². The lowest BCUT2D eigenvalue weighted by atomic mass is 10.1. The Morgan fingerprint density at radius 3 is 2.30 bits per heavy atom. The molecular weight excluding hydrogens is 347 g/mol. The van der Waals surface area contributed by atoms with Gasteiger partial charge < -0.3 is 0 Å². The van der Waals surface area contributed by atoms with Crippen LogP contribution in [0.15, 0.2) is 27.6 Å². The Labute approximate surface area is 127 Å². The molecule has 1 aliphatic rings. The van der Waals surface area contributed by atoms with Crippen LogP contribution in [0.2, 0.25) is 0 Å². The zero-order chi connectivity index (χ0) is 15.1. The smallest absolute Gasteiger partial charge is 0.244 e. The van der Waals surface area contributed by atoms with Crippen LogP contribution in [0.25, 0.3) is 0 Å². The van der Waals surface area contributed by atoms with E-state index in [0.717, 1.165) is 0 Å². The zero-order valence-corrected chi connectivity index (χ0v) is 14.1. The third-order valence-electron chi connectivity index (χ3n) is 3.84. The van der Waals surface area contributed by atoms with Crippen LogP contribution in [0.3, 0.4) is 0 Å². The largest absolute Gasteiger partial charge is 0.298 e. The molecule has 7 heteroatoms. The van der Waals surface area contributed by atoms with Gasteiger partial charge in [-0.3, -0.25) is 4.90 Å². The highest BCUT2D eigenvalue weighted by atomic mass is 79.9. The molecule has 4 nitrogen and oxygen atoms in total. The van der Waals surface area contributed by atoms with E-state index in [9.17, 15) is 12.8 Å². The van der Waals surface area contributed by atoms with Crippen LogP contribution < -0.4 is 0 Å². The van der Waals surface area contributed by atoms with E-state index in [4.69, 9.17) is 0 Å². The van der Waals surface area contributed by atoms with Gasteiger partial charge in [0.05, 0.1) is 4.90 Å². The van der Waals surface area contributed by atoms with E-state index >= 15 is 0 Å². The first-order valence-electron chi connectivity index (χ1n) is 6.40. The number of nitrogens with zero attached hydrogens (tertiary/aromatic N) is 2. The average molecular weight is 365 g/mol. The van der Waals surface area contributed by atoms with Crippen LogP contribution in [0, 0.1) is 5.82 Å². The quantitative estimate of drug-likeness (QED) is 0.808. The fourth-order valence-electron chi connectivity index (χ4n) is 2.38. The van der Waals surface area contributed by atoms with Crippen molar-refractivity contribution in [1.29, 1.82) is 0 Å². The number of hydrogen-bond acceptors (Lipinski definition) is 3. The normalized spacial score (nSPS) is 25.9. The second-order valence-corrected chi connectivity index (χ2v) is 8.02. The van der Waals surface area contributed by atoms with Crippen LogP contribution in [-0.2, 0) is 10.0 Å². The number of hydrogen-bond donors (Lipinski definition) is 0. The minimum absolute atomic E-state index is 0.114. The summed E-state index contributed by atoms with van der Waals surface area (Å²) in [6.45, 7) is 4.87. The van der Waals surface area contributed by atoms with Crippen LogP contribution in [-0.4, -0.2) is 49.8 Å². The predicted molar refractivity (Wildman–Crippen MR) is 79.5 cm³/mol. The minimum atomic E-state index is -3.61. The van der Waals surface area contributed by atoms with Crippen molar-refractivity contribution in [2.24, 2.45) is 0 Å². The monoisotopic (exact) mass is 364 g/mol. The maximum atomic E-state index is 13.1. The molecule has 1 aromatic carbocycles. The topological polar surface area (TPSA) is 40.6 Å².